The summed E-state index contributed by atoms with van der Waals surface area (Å²) in [5, 5.41) is 9.03. The number of hydrogen-bond acceptors (Lipinski definition) is 4. The van der Waals surface area contributed by atoms with Gasteiger partial charge in [-0.3, -0.25) is 4.79 Å². The van der Waals surface area contributed by atoms with Crippen molar-refractivity contribution >= 4 is 12.0 Å². The topological polar surface area (TPSA) is 55.8 Å². The van der Waals surface area contributed by atoms with Crippen molar-refractivity contribution < 1.29 is 19.4 Å². The largest absolute Gasteiger partial charge is 0.446 e. The van der Waals surface area contributed by atoms with Crippen LogP contribution in [0, 0.1) is 0 Å². The van der Waals surface area contributed by atoms with E-state index in [1.165, 1.54) is 0 Å². The second-order valence-corrected chi connectivity index (χ2v) is 3.02. The van der Waals surface area contributed by atoms with Crippen LogP contribution >= 0.6 is 0 Å². The molecule has 78 valence electrons. The Morgan fingerprint density at radius 2 is 2.00 bits per heavy atom. The highest BCUT2D eigenvalue weighted by molar-refractivity contribution is 5.67. The van der Waals surface area contributed by atoms with Gasteiger partial charge in [-0.2, -0.15) is 0 Å². The lowest BCUT2D eigenvalue weighted by atomic mass is 10.2. The first-order valence-corrected chi connectivity index (χ1v) is 4.53. The number of aliphatic hydroxyl groups excluding tert-OH is 1. The van der Waals surface area contributed by atoms with Gasteiger partial charge in [0.15, 0.2) is 11.5 Å². The Bertz CT molecular complexity index is 383. The van der Waals surface area contributed by atoms with Gasteiger partial charge >= 0.3 is 0 Å². The molecule has 1 N–H and O–H groups in total. The van der Waals surface area contributed by atoms with Crippen LogP contribution in [0.25, 0.3) is 5.76 Å². The summed E-state index contributed by atoms with van der Waals surface area (Å²) < 4.78 is 10.3. The zero-order valence-corrected chi connectivity index (χ0v) is 7.92. The van der Waals surface area contributed by atoms with Gasteiger partial charge in [-0.1, -0.05) is 30.3 Å². The van der Waals surface area contributed by atoms with Gasteiger partial charge in [0.05, 0.1) is 0 Å². The standard InChI is InChI=1S/C11H10O4/c12-6-9-11(15-10(7-13)14-9)8-4-2-1-3-5-8/h1-5,7,10,12H,6H2. The number of hydrogen-bond donors (Lipinski definition) is 1. The van der Waals surface area contributed by atoms with Gasteiger partial charge in [0, 0.05) is 5.56 Å². The van der Waals surface area contributed by atoms with Crippen LogP contribution < -0.4 is 0 Å². The number of aliphatic hydroxyl groups is 1. The molecule has 1 heterocycles. The molecule has 1 unspecified atom stereocenters. The third-order valence-electron chi connectivity index (χ3n) is 2.04. The highest BCUT2D eigenvalue weighted by atomic mass is 16.7. The van der Waals surface area contributed by atoms with Crippen molar-refractivity contribution in [1.29, 1.82) is 0 Å². The van der Waals surface area contributed by atoms with Crippen molar-refractivity contribution in [2.45, 2.75) is 6.29 Å². The molecule has 1 atom stereocenters. The number of rotatable bonds is 3. The van der Waals surface area contributed by atoms with Crippen molar-refractivity contribution in [3.63, 3.8) is 0 Å². The average Bonchev–Trinajstić information content (AvgIpc) is 2.73. The van der Waals surface area contributed by atoms with Crippen LogP contribution in [0.3, 0.4) is 0 Å². The van der Waals surface area contributed by atoms with Gasteiger partial charge in [0.1, 0.15) is 6.61 Å². The lowest BCUT2D eigenvalue weighted by Gasteiger charge is -2.03. The second-order valence-electron chi connectivity index (χ2n) is 3.02. The van der Waals surface area contributed by atoms with Crippen molar-refractivity contribution in [3.8, 4) is 0 Å². The predicted octanol–water partition coefficient (Wildman–Crippen LogP) is 0.919. The van der Waals surface area contributed by atoms with Gasteiger partial charge in [0.2, 0.25) is 6.29 Å². The smallest absolute Gasteiger partial charge is 0.297 e. The SMILES string of the molecule is O=CC1OC(CO)=C(c2ccccc2)O1. The zero-order valence-electron chi connectivity index (χ0n) is 7.92. The summed E-state index contributed by atoms with van der Waals surface area (Å²) in [6.45, 7) is -0.283. The summed E-state index contributed by atoms with van der Waals surface area (Å²) in [5.41, 5.74) is 0.783. The van der Waals surface area contributed by atoms with Gasteiger partial charge in [-0.15, -0.1) is 0 Å². The first-order valence-electron chi connectivity index (χ1n) is 4.53. The molecule has 0 bridgehead atoms. The van der Waals surface area contributed by atoms with Gasteiger partial charge in [0.25, 0.3) is 6.29 Å². The van der Waals surface area contributed by atoms with Crippen molar-refractivity contribution in [3.05, 3.63) is 41.7 Å². The van der Waals surface area contributed by atoms with E-state index in [0.29, 0.717) is 17.8 Å². The molecule has 1 aromatic carbocycles. The molecule has 0 aliphatic carbocycles. The van der Waals surface area contributed by atoms with Crippen LogP contribution in [0.2, 0.25) is 0 Å². The van der Waals surface area contributed by atoms with Gasteiger partial charge in [-0.05, 0) is 0 Å². The van der Waals surface area contributed by atoms with E-state index >= 15 is 0 Å². The zero-order chi connectivity index (χ0) is 10.7. The third-order valence-corrected chi connectivity index (χ3v) is 2.04. The summed E-state index contributed by atoms with van der Waals surface area (Å²) in [4.78, 5) is 10.5. The summed E-state index contributed by atoms with van der Waals surface area (Å²) in [7, 11) is 0. The number of carbonyl (C=O) groups is 1. The first-order chi connectivity index (χ1) is 7.35. The molecule has 0 saturated heterocycles. The fraction of sp³-hybridized carbons (Fsp3) is 0.182. The molecular formula is C11H10O4. The summed E-state index contributed by atoms with van der Waals surface area (Å²) >= 11 is 0. The molecule has 1 aromatic rings. The van der Waals surface area contributed by atoms with Gasteiger partial charge < -0.3 is 14.6 Å². The highest BCUT2D eigenvalue weighted by Crippen LogP contribution is 2.28. The van der Waals surface area contributed by atoms with E-state index < -0.39 is 6.29 Å². The van der Waals surface area contributed by atoms with E-state index in [4.69, 9.17) is 14.6 Å². The molecule has 15 heavy (non-hydrogen) atoms. The minimum absolute atomic E-state index is 0.283. The number of carbonyl (C=O) groups excluding carboxylic acids is 1. The van der Waals surface area contributed by atoms with Crippen LogP contribution in [-0.4, -0.2) is 24.3 Å². The summed E-state index contributed by atoms with van der Waals surface area (Å²) in [5.74, 6) is 0.716. The molecule has 0 aromatic heterocycles. The van der Waals surface area contributed by atoms with Crippen LogP contribution in [0.4, 0.5) is 0 Å². The van der Waals surface area contributed by atoms with Crippen LogP contribution in [0.15, 0.2) is 36.1 Å². The number of ether oxygens (including phenoxy) is 2. The van der Waals surface area contributed by atoms with Crippen molar-refractivity contribution in [1.82, 2.24) is 0 Å². The number of benzene rings is 1. The molecule has 1 aliphatic heterocycles. The minimum atomic E-state index is -0.942. The number of aldehydes is 1. The fourth-order valence-corrected chi connectivity index (χ4v) is 1.38. The second kappa shape index (κ2) is 4.14. The van der Waals surface area contributed by atoms with Crippen LogP contribution in [0.1, 0.15) is 5.56 Å². The first kappa shape index (κ1) is 9.73. The van der Waals surface area contributed by atoms with E-state index in [1.807, 2.05) is 30.3 Å². The van der Waals surface area contributed by atoms with Crippen molar-refractivity contribution in [2.24, 2.45) is 0 Å². The lowest BCUT2D eigenvalue weighted by Crippen LogP contribution is -2.10. The molecule has 0 radical (unpaired) electrons. The Balaban J connectivity index is 2.31. The maximum absolute atomic E-state index is 10.5. The van der Waals surface area contributed by atoms with E-state index in [9.17, 15) is 4.79 Å². The summed E-state index contributed by atoms with van der Waals surface area (Å²) in [6, 6.07) is 9.20. The molecular weight excluding hydrogens is 196 g/mol. The molecule has 0 saturated carbocycles. The molecule has 4 heteroatoms. The monoisotopic (exact) mass is 206 g/mol. The van der Waals surface area contributed by atoms with E-state index in [2.05, 4.69) is 0 Å². The average molecular weight is 206 g/mol. The van der Waals surface area contributed by atoms with E-state index in [0.717, 1.165) is 5.56 Å². The fourth-order valence-electron chi connectivity index (χ4n) is 1.38. The Kier molecular flexibility index (Phi) is 2.69. The molecule has 2 rings (SSSR count). The van der Waals surface area contributed by atoms with Crippen molar-refractivity contribution in [2.75, 3.05) is 6.61 Å². The Hall–Kier alpha value is -1.81. The highest BCUT2D eigenvalue weighted by Gasteiger charge is 2.26. The predicted molar refractivity (Wildman–Crippen MR) is 52.5 cm³/mol. The Labute approximate surface area is 86.7 Å². The van der Waals surface area contributed by atoms with Crippen LogP contribution in [-0.2, 0) is 14.3 Å². The lowest BCUT2D eigenvalue weighted by molar-refractivity contribution is -0.128. The molecule has 0 amide bonds. The minimum Gasteiger partial charge on any atom is -0.446 e. The Morgan fingerprint density at radius 1 is 1.27 bits per heavy atom. The normalized spacial score (nSPS) is 19.7. The van der Waals surface area contributed by atoms with Crippen LogP contribution in [0.5, 0.6) is 0 Å². The maximum atomic E-state index is 10.5. The quantitative estimate of drug-likeness (QED) is 0.747. The molecule has 0 spiro atoms. The molecule has 1 aliphatic rings. The Morgan fingerprint density at radius 3 is 2.60 bits per heavy atom. The van der Waals surface area contributed by atoms with E-state index in [1.54, 1.807) is 0 Å². The maximum Gasteiger partial charge on any atom is 0.297 e. The summed E-state index contributed by atoms with van der Waals surface area (Å²) in [6.07, 6.45) is -0.395. The molecule has 4 nitrogen and oxygen atoms in total. The van der Waals surface area contributed by atoms with E-state index in [-0.39, 0.29) is 6.61 Å². The third kappa shape index (κ3) is 1.85. The van der Waals surface area contributed by atoms with Gasteiger partial charge in [-0.25, -0.2) is 0 Å². The molecule has 0 fully saturated rings.